The van der Waals surface area contributed by atoms with Gasteiger partial charge in [-0.2, -0.15) is 0 Å². The van der Waals surface area contributed by atoms with Crippen molar-refractivity contribution < 1.29 is 4.92 Å². The van der Waals surface area contributed by atoms with Crippen LogP contribution in [0.3, 0.4) is 0 Å². The molecule has 0 amide bonds. The number of fused-ring (bicyclic) bond motifs is 3. The number of pyridine rings is 1. The van der Waals surface area contributed by atoms with Crippen molar-refractivity contribution in [3.63, 3.8) is 0 Å². The predicted octanol–water partition coefficient (Wildman–Crippen LogP) is 2.87. The molecule has 0 saturated carbocycles. The minimum absolute atomic E-state index is 0.154. The van der Waals surface area contributed by atoms with E-state index in [0.717, 1.165) is 34.4 Å². The number of aryl methyl sites for hydroxylation is 1. The van der Waals surface area contributed by atoms with Crippen LogP contribution >= 0.6 is 0 Å². The first kappa shape index (κ1) is 9.96. The highest BCUT2D eigenvalue weighted by Gasteiger charge is 2.21. The Morgan fingerprint density at radius 2 is 2.06 bits per heavy atom. The van der Waals surface area contributed by atoms with E-state index in [1.165, 1.54) is 0 Å². The van der Waals surface area contributed by atoms with Crippen molar-refractivity contribution in [3.05, 3.63) is 57.4 Å². The van der Waals surface area contributed by atoms with Crippen LogP contribution in [0.2, 0.25) is 0 Å². The molecule has 0 bridgehead atoms. The molecule has 0 saturated heterocycles. The minimum Gasteiger partial charge on any atom is -0.261 e. The summed E-state index contributed by atoms with van der Waals surface area (Å²) in [5, 5.41) is 10.7. The third-order valence-corrected chi connectivity index (χ3v) is 3.09. The zero-order chi connectivity index (χ0) is 12.0. The molecule has 3 rings (SSSR count). The Balaban J connectivity index is 2.17. The number of nitro groups is 1. The number of nitrogens with zero attached hydrogens (tertiary/aromatic N) is 2. The zero-order valence-electron chi connectivity index (χ0n) is 9.30. The van der Waals surface area contributed by atoms with E-state index in [4.69, 9.17) is 0 Å². The van der Waals surface area contributed by atoms with E-state index >= 15 is 0 Å². The van der Waals surface area contributed by atoms with Crippen molar-refractivity contribution in [1.82, 2.24) is 4.98 Å². The second kappa shape index (κ2) is 3.38. The SMILES string of the molecule is Cc1cc2c(cn1)Cc1cc([N+](=O)[O-])ccc1-2. The maximum absolute atomic E-state index is 10.7. The number of hydrogen-bond donors (Lipinski definition) is 0. The average Bonchev–Trinajstić information content (AvgIpc) is 2.66. The van der Waals surface area contributed by atoms with Crippen LogP contribution in [0.4, 0.5) is 5.69 Å². The lowest BCUT2D eigenvalue weighted by Gasteiger charge is -2.01. The molecule has 0 fully saturated rings. The summed E-state index contributed by atoms with van der Waals surface area (Å²) in [5.74, 6) is 0. The van der Waals surface area contributed by atoms with Crippen LogP contribution in [0, 0.1) is 17.0 Å². The van der Waals surface area contributed by atoms with Crippen molar-refractivity contribution in [1.29, 1.82) is 0 Å². The maximum atomic E-state index is 10.7. The van der Waals surface area contributed by atoms with E-state index in [1.807, 2.05) is 25.3 Å². The number of nitro benzene ring substituents is 1. The highest BCUT2D eigenvalue weighted by atomic mass is 16.6. The molecule has 0 spiro atoms. The summed E-state index contributed by atoms with van der Waals surface area (Å²) in [5.41, 5.74) is 5.53. The molecule has 84 valence electrons. The Morgan fingerprint density at radius 3 is 2.82 bits per heavy atom. The van der Waals surface area contributed by atoms with Gasteiger partial charge in [0.15, 0.2) is 0 Å². The quantitative estimate of drug-likeness (QED) is 0.473. The molecule has 17 heavy (non-hydrogen) atoms. The van der Waals surface area contributed by atoms with Crippen LogP contribution < -0.4 is 0 Å². The van der Waals surface area contributed by atoms with Crippen LogP contribution in [0.1, 0.15) is 16.8 Å². The first-order valence-electron chi connectivity index (χ1n) is 5.38. The molecule has 1 heterocycles. The van der Waals surface area contributed by atoms with Gasteiger partial charge in [-0.05, 0) is 41.3 Å². The summed E-state index contributed by atoms with van der Waals surface area (Å²) in [6, 6.07) is 7.08. The van der Waals surface area contributed by atoms with Crippen molar-refractivity contribution in [2.24, 2.45) is 0 Å². The Labute approximate surface area is 98.1 Å². The number of aromatic nitrogens is 1. The van der Waals surface area contributed by atoms with Gasteiger partial charge < -0.3 is 0 Å². The van der Waals surface area contributed by atoms with Gasteiger partial charge in [-0.25, -0.2) is 0 Å². The molecule has 1 aliphatic carbocycles. The standard InChI is InChI=1S/C13H10N2O2/c1-8-4-13-10(7-14-8)5-9-6-11(15(16)17)2-3-12(9)13/h2-4,6-7H,5H2,1H3. The second-order valence-electron chi connectivity index (χ2n) is 4.26. The highest BCUT2D eigenvalue weighted by molar-refractivity contribution is 5.77. The van der Waals surface area contributed by atoms with Crippen molar-refractivity contribution in [3.8, 4) is 11.1 Å². The molecule has 0 unspecified atom stereocenters. The molecule has 4 heteroatoms. The summed E-state index contributed by atoms with van der Waals surface area (Å²) in [6.45, 7) is 1.95. The molecule has 2 aromatic rings. The number of hydrogen-bond acceptors (Lipinski definition) is 3. The Hall–Kier alpha value is -2.23. The molecule has 1 aromatic carbocycles. The molecule has 1 aromatic heterocycles. The van der Waals surface area contributed by atoms with E-state index in [-0.39, 0.29) is 10.6 Å². The topological polar surface area (TPSA) is 56.0 Å². The maximum Gasteiger partial charge on any atom is 0.269 e. The van der Waals surface area contributed by atoms with Crippen molar-refractivity contribution in [2.45, 2.75) is 13.3 Å². The van der Waals surface area contributed by atoms with Gasteiger partial charge in [0.1, 0.15) is 0 Å². The summed E-state index contributed by atoms with van der Waals surface area (Å²) < 4.78 is 0. The summed E-state index contributed by atoms with van der Waals surface area (Å²) >= 11 is 0. The summed E-state index contributed by atoms with van der Waals surface area (Å²) in [6.07, 6.45) is 2.59. The van der Waals surface area contributed by atoms with Gasteiger partial charge in [0.25, 0.3) is 5.69 Å². The van der Waals surface area contributed by atoms with Gasteiger partial charge in [0.05, 0.1) is 4.92 Å². The van der Waals surface area contributed by atoms with Gasteiger partial charge in [0.2, 0.25) is 0 Å². The molecule has 0 aliphatic heterocycles. The lowest BCUT2D eigenvalue weighted by atomic mass is 10.1. The third-order valence-electron chi connectivity index (χ3n) is 3.09. The lowest BCUT2D eigenvalue weighted by molar-refractivity contribution is -0.384. The smallest absolute Gasteiger partial charge is 0.261 e. The third kappa shape index (κ3) is 1.49. The van der Waals surface area contributed by atoms with Crippen LogP contribution in [0.5, 0.6) is 0 Å². The molecule has 0 atom stereocenters. The Bertz CT molecular complexity index is 635. The fourth-order valence-corrected chi connectivity index (χ4v) is 2.29. The van der Waals surface area contributed by atoms with Crippen molar-refractivity contribution in [2.75, 3.05) is 0 Å². The molecular weight excluding hydrogens is 216 g/mol. The van der Waals surface area contributed by atoms with Crippen LogP contribution in [0.15, 0.2) is 30.5 Å². The molecule has 0 radical (unpaired) electrons. The Morgan fingerprint density at radius 1 is 1.24 bits per heavy atom. The fraction of sp³-hybridized carbons (Fsp3) is 0.154. The summed E-state index contributed by atoms with van der Waals surface area (Å²) in [7, 11) is 0. The van der Waals surface area contributed by atoms with Gasteiger partial charge in [-0.15, -0.1) is 0 Å². The fourth-order valence-electron chi connectivity index (χ4n) is 2.29. The summed E-state index contributed by atoms with van der Waals surface area (Å²) in [4.78, 5) is 14.6. The molecule has 0 N–H and O–H groups in total. The van der Waals surface area contributed by atoms with Crippen LogP contribution in [0.25, 0.3) is 11.1 Å². The molecular formula is C13H10N2O2. The first-order valence-corrected chi connectivity index (χ1v) is 5.38. The van der Waals surface area contributed by atoms with Gasteiger partial charge in [0, 0.05) is 30.4 Å². The average molecular weight is 226 g/mol. The van der Waals surface area contributed by atoms with E-state index in [1.54, 1.807) is 12.1 Å². The van der Waals surface area contributed by atoms with Crippen LogP contribution in [-0.4, -0.2) is 9.91 Å². The largest absolute Gasteiger partial charge is 0.269 e. The monoisotopic (exact) mass is 226 g/mol. The normalized spacial score (nSPS) is 12.1. The molecule has 4 nitrogen and oxygen atoms in total. The zero-order valence-corrected chi connectivity index (χ0v) is 9.30. The number of non-ortho nitro benzene ring substituents is 1. The van der Waals surface area contributed by atoms with E-state index < -0.39 is 0 Å². The van der Waals surface area contributed by atoms with Gasteiger partial charge in [-0.3, -0.25) is 15.1 Å². The van der Waals surface area contributed by atoms with E-state index in [2.05, 4.69) is 4.98 Å². The number of benzene rings is 1. The highest BCUT2D eigenvalue weighted by Crippen LogP contribution is 2.37. The second-order valence-corrected chi connectivity index (χ2v) is 4.26. The lowest BCUT2D eigenvalue weighted by Crippen LogP contribution is -1.89. The van der Waals surface area contributed by atoms with E-state index in [9.17, 15) is 10.1 Å². The van der Waals surface area contributed by atoms with Crippen LogP contribution in [-0.2, 0) is 6.42 Å². The number of rotatable bonds is 1. The van der Waals surface area contributed by atoms with Crippen molar-refractivity contribution >= 4 is 5.69 Å². The predicted molar refractivity (Wildman–Crippen MR) is 63.9 cm³/mol. The molecule has 1 aliphatic rings. The van der Waals surface area contributed by atoms with E-state index in [0.29, 0.717) is 0 Å². The van der Waals surface area contributed by atoms with Gasteiger partial charge in [-0.1, -0.05) is 0 Å². The first-order chi connectivity index (χ1) is 8.15. The van der Waals surface area contributed by atoms with Gasteiger partial charge >= 0.3 is 0 Å². The minimum atomic E-state index is -0.354. The Kier molecular flexibility index (Phi) is 1.98.